The van der Waals surface area contributed by atoms with Gasteiger partial charge in [0.1, 0.15) is 0 Å². The van der Waals surface area contributed by atoms with E-state index >= 15 is 0 Å². The lowest BCUT2D eigenvalue weighted by Crippen LogP contribution is -2.55. The van der Waals surface area contributed by atoms with Gasteiger partial charge >= 0.3 is 0 Å². The molecule has 1 aromatic rings. The van der Waals surface area contributed by atoms with Gasteiger partial charge in [-0.1, -0.05) is 24.3 Å². The highest BCUT2D eigenvalue weighted by Crippen LogP contribution is 2.24. The van der Waals surface area contributed by atoms with E-state index in [1.165, 1.54) is 11.1 Å². The van der Waals surface area contributed by atoms with Crippen LogP contribution in [0.3, 0.4) is 0 Å². The van der Waals surface area contributed by atoms with Crippen molar-refractivity contribution in [2.45, 2.75) is 52.2 Å². The normalized spacial score (nSPS) is 16.5. The molecule has 2 N–H and O–H groups in total. The number of guanidine groups is 1. The van der Waals surface area contributed by atoms with Gasteiger partial charge < -0.3 is 10.6 Å². The summed E-state index contributed by atoms with van der Waals surface area (Å²) in [6, 6.07) is 9.18. The number of rotatable bonds is 4. The molecule has 1 heterocycles. The fraction of sp³-hybridized carbons (Fsp3) is 0.611. The van der Waals surface area contributed by atoms with Crippen LogP contribution in [-0.4, -0.2) is 42.6 Å². The lowest BCUT2D eigenvalue weighted by atomic mass is 9.94. The average molecular weight is 302 g/mol. The molecule has 2 rings (SSSR count). The monoisotopic (exact) mass is 302 g/mol. The number of hydrogen-bond acceptors (Lipinski definition) is 2. The van der Waals surface area contributed by atoms with E-state index in [9.17, 15) is 0 Å². The SMILES string of the molecule is CN=C(NCC(C)(C)N1CCc2ccccc2C1)NC(C)C. The van der Waals surface area contributed by atoms with Gasteiger partial charge in [-0.25, -0.2) is 0 Å². The van der Waals surface area contributed by atoms with Crippen molar-refractivity contribution in [2.75, 3.05) is 20.1 Å². The topological polar surface area (TPSA) is 39.7 Å². The Balaban J connectivity index is 1.96. The minimum atomic E-state index is 0.0854. The van der Waals surface area contributed by atoms with Crippen LogP contribution in [0.25, 0.3) is 0 Å². The summed E-state index contributed by atoms with van der Waals surface area (Å²) in [6.07, 6.45) is 1.14. The maximum atomic E-state index is 4.29. The molecule has 0 saturated heterocycles. The molecule has 4 nitrogen and oxygen atoms in total. The van der Waals surface area contributed by atoms with E-state index < -0.39 is 0 Å². The third-order valence-corrected chi connectivity index (χ3v) is 4.32. The van der Waals surface area contributed by atoms with Gasteiger partial charge in [-0.3, -0.25) is 9.89 Å². The van der Waals surface area contributed by atoms with E-state index in [-0.39, 0.29) is 5.54 Å². The van der Waals surface area contributed by atoms with Gasteiger partial charge in [0.05, 0.1) is 0 Å². The van der Waals surface area contributed by atoms with Crippen LogP contribution in [0, 0.1) is 0 Å². The van der Waals surface area contributed by atoms with Gasteiger partial charge in [-0.15, -0.1) is 0 Å². The molecule has 0 spiro atoms. The molecule has 0 amide bonds. The van der Waals surface area contributed by atoms with Crippen molar-refractivity contribution in [3.8, 4) is 0 Å². The Hall–Kier alpha value is -1.55. The smallest absolute Gasteiger partial charge is 0.191 e. The molecule has 0 bridgehead atoms. The van der Waals surface area contributed by atoms with E-state index in [0.717, 1.165) is 32.0 Å². The molecule has 0 unspecified atom stereocenters. The highest BCUT2D eigenvalue weighted by molar-refractivity contribution is 5.79. The molecular formula is C18H30N4. The summed E-state index contributed by atoms with van der Waals surface area (Å²) in [4.78, 5) is 6.85. The summed E-state index contributed by atoms with van der Waals surface area (Å²) in [7, 11) is 1.82. The summed E-state index contributed by atoms with van der Waals surface area (Å²) in [5.41, 5.74) is 3.05. The number of nitrogens with zero attached hydrogens (tertiary/aromatic N) is 2. The largest absolute Gasteiger partial charge is 0.355 e. The molecule has 0 radical (unpaired) electrons. The van der Waals surface area contributed by atoms with E-state index in [1.807, 2.05) is 7.05 Å². The molecular weight excluding hydrogens is 272 g/mol. The fourth-order valence-corrected chi connectivity index (χ4v) is 2.89. The number of nitrogens with one attached hydrogen (secondary N) is 2. The second-order valence-electron chi connectivity index (χ2n) is 6.98. The van der Waals surface area contributed by atoms with Crippen LogP contribution in [0.2, 0.25) is 0 Å². The summed E-state index contributed by atoms with van der Waals surface area (Å²) >= 11 is 0. The first-order chi connectivity index (χ1) is 10.4. The van der Waals surface area contributed by atoms with Gasteiger partial charge in [0, 0.05) is 38.3 Å². The molecule has 0 aliphatic carbocycles. The van der Waals surface area contributed by atoms with E-state index in [4.69, 9.17) is 0 Å². The quantitative estimate of drug-likeness (QED) is 0.663. The van der Waals surface area contributed by atoms with Gasteiger partial charge in [0.15, 0.2) is 5.96 Å². The van der Waals surface area contributed by atoms with Crippen LogP contribution < -0.4 is 10.6 Å². The Kier molecular flexibility index (Phi) is 5.46. The molecule has 0 atom stereocenters. The predicted molar refractivity (Wildman–Crippen MR) is 94.3 cm³/mol. The zero-order valence-electron chi connectivity index (χ0n) is 14.6. The van der Waals surface area contributed by atoms with Gasteiger partial charge in [-0.2, -0.15) is 0 Å². The predicted octanol–water partition coefficient (Wildman–Crippen LogP) is 2.40. The molecule has 122 valence electrons. The van der Waals surface area contributed by atoms with Crippen molar-refractivity contribution >= 4 is 5.96 Å². The van der Waals surface area contributed by atoms with Crippen LogP contribution in [0.5, 0.6) is 0 Å². The van der Waals surface area contributed by atoms with Gasteiger partial charge in [0.25, 0.3) is 0 Å². The summed E-state index contributed by atoms with van der Waals surface area (Å²) in [5.74, 6) is 0.875. The Bertz CT molecular complexity index is 520. The van der Waals surface area contributed by atoms with E-state index in [2.05, 4.69) is 72.5 Å². The van der Waals surface area contributed by atoms with E-state index in [0.29, 0.717) is 6.04 Å². The van der Waals surface area contributed by atoms with Crippen molar-refractivity contribution in [2.24, 2.45) is 4.99 Å². The summed E-state index contributed by atoms with van der Waals surface area (Å²) in [5, 5.41) is 6.80. The Morgan fingerprint density at radius 1 is 1.27 bits per heavy atom. The zero-order chi connectivity index (χ0) is 16.2. The van der Waals surface area contributed by atoms with Gasteiger partial charge in [-0.05, 0) is 45.2 Å². The minimum Gasteiger partial charge on any atom is -0.355 e. The van der Waals surface area contributed by atoms with Gasteiger partial charge in [0.2, 0.25) is 0 Å². The zero-order valence-corrected chi connectivity index (χ0v) is 14.6. The van der Waals surface area contributed by atoms with Crippen LogP contribution in [0.15, 0.2) is 29.3 Å². The highest BCUT2D eigenvalue weighted by atomic mass is 15.2. The average Bonchev–Trinajstić information content (AvgIpc) is 2.50. The lowest BCUT2D eigenvalue weighted by molar-refractivity contribution is 0.107. The first-order valence-corrected chi connectivity index (χ1v) is 8.21. The second-order valence-corrected chi connectivity index (χ2v) is 6.98. The number of benzene rings is 1. The molecule has 0 aromatic heterocycles. The van der Waals surface area contributed by atoms with Crippen LogP contribution >= 0.6 is 0 Å². The highest BCUT2D eigenvalue weighted by Gasteiger charge is 2.29. The van der Waals surface area contributed by atoms with Crippen LogP contribution in [-0.2, 0) is 13.0 Å². The molecule has 22 heavy (non-hydrogen) atoms. The third-order valence-electron chi connectivity index (χ3n) is 4.32. The fourth-order valence-electron chi connectivity index (χ4n) is 2.89. The maximum absolute atomic E-state index is 4.29. The van der Waals surface area contributed by atoms with Crippen molar-refractivity contribution in [3.63, 3.8) is 0 Å². The third kappa shape index (κ3) is 4.23. The van der Waals surface area contributed by atoms with Crippen LogP contribution in [0.4, 0.5) is 0 Å². The standard InChI is InChI=1S/C18H30N4/c1-14(2)21-17(19-5)20-13-18(3,4)22-11-10-15-8-6-7-9-16(15)12-22/h6-9,14H,10-13H2,1-5H3,(H2,19,20,21). The number of fused-ring (bicyclic) bond motifs is 1. The molecule has 1 aromatic carbocycles. The maximum Gasteiger partial charge on any atom is 0.191 e. The Morgan fingerprint density at radius 2 is 1.95 bits per heavy atom. The molecule has 4 heteroatoms. The molecule has 1 aliphatic heterocycles. The van der Waals surface area contributed by atoms with Crippen LogP contribution in [0.1, 0.15) is 38.8 Å². The van der Waals surface area contributed by atoms with Crippen molar-refractivity contribution in [1.82, 2.24) is 15.5 Å². The van der Waals surface area contributed by atoms with Crippen molar-refractivity contribution in [3.05, 3.63) is 35.4 Å². The van der Waals surface area contributed by atoms with Crippen molar-refractivity contribution < 1.29 is 0 Å². The Labute approximate surface area is 135 Å². The molecule has 0 fully saturated rings. The second kappa shape index (κ2) is 7.14. The Morgan fingerprint density at radius 3 is 2.59 bits per heavy atom. The van der Waals surface area contributed by atoms with Crippen molar-refractivity contribution in [1.29, 1.82) is 0 Å². The molecule has 1 aliphatic rings. The minimum absolute atomic E-state index is 0.0854. The molecule has 0 saturated carbocycles. The number of aliphatic imine (C=N–C) groups is 1. The summed E-state index contributed by atoms with van der Waals surface area (Å²) < 4.78 is 0. The van der Waals surface area contributed by atoms with E-state index in [1.54, 1.807) is 0 Å². The number of hydrogen-bond donors (Lipinski definition) is 2. The first-order valence-electron chi connectivity index (χ1n) is 8.21. The lowest BCUT2D eigenvalue weighted by Gasteiger charge is -2.42. The summed E-state index contributed by atoms with van der Waals surface area (Å²) in [6.45, 7) is 11.9. The first kappa shape index (κ1) is 16.8.